The van der Waals surface area contributed by atoms with Crippen molar-refractivity contribution in [3.05, 3.63) is 94.7 Å². The quantitative estimate of drug-likeness (QED) is 0.469. The summed E-state index contributed by atoms with van der Waals surface area (Å²) in [5.41, 5.74) is 4.05. The largest absolute Gasteiger partial charge is 0.350 e. The van der Waals surface area contributed by atoms with E-state index in [0.29, 0.717) is 18.7 Å². The van der Waals surface area contributed by atoms with Crippen LogP contribution < -0.4 is 5.32 Å². The van der Waals surface area contributed by atoms with Gasteiger partial charge >= 0.3 is 0 Å². The van der Waals surface area contributed by atoms with Crippen molar-refractivity contribution in [3.63, 3.8) is 0 Å². The highest BCUT2D eigenvalue weighted by Gasteiger charge is 2.16. The predicted molar refractivity (Wildman–Crippen MR) is 112 cm³/mol. The van der Waals surface area contributed by atoms with E-state index in [0.717, 1.165) is 28.7 Å². The third-order valence-corrected chi connectivity index (χ3v) is 5.69. The number of aromatic nitrogens is 1. The first-order valence-corrected chi connectivity index (χ1v) is 10.2. The molecule has 0 aliphatic rings. The number of benzene rings is 2. The second-order valence-corrected chi connectivity index (χ2v) is 7.67. The van der Waals surface area contributed by atoms with Gasteiger partial charge in [-0.25, -0.2) is 4.39 Å². The number of hydrogen-bond donors (Lipinski definition) is 1. The molecule has 0 radical (unpaired) electrons. The van der Waals surface area contributed by atoms with Gasteiger partial charge in [0.1, 0.15) is 11.5 Å². The third-order valence-electron chi connectivity index (χ3n) is 4.83. The van der Waals surface area contributed by atoms with Gasteiger partial charge in [-0.15, -0.1) is 11.3 Å². The highest BCUT2D eigenvalue weighted by Crippen LogP contribution is 2.25. The van der Waals surface area contributed by atoms with Crippen LogP contribution in [0.15, 0.2) is 72.1 Å². The number of rotatable bonds is 7. The van der Waals surface area contributed by atoms with Crippen LogP contribution in [-0.4, -0.2) is 17.0 Å². The summed E-state index contributed by atoms with van der Waals surface area (Å²) in [6, 6.07) is 20.7. The van der Waals surface area contributed by atoms with Crippen LogP contribution in [0.1, 0.15) is 21.6 Å². The summed E-state index contributed by atoms with van der Waals surface area (Å²) in [5.74, 6) is -0.317. The number of carbonyl (C=O) groups excluding carboxylic acids is 1. The van der Waals surface area contributed by atoms with E-state index in [1.807, 2.05) is 24.3 Å². The van der Waals surface area contributed by atoms with Crippen LogP contribution >= 0.6 is 11.3 Å². The summed E-state index contributed by atoms with van der Waals surface area (Å²) in [6.45, 7) is 1.27. The maximum absolute atomic E-state index is 13.0. The minimum absolute atomic E-state index is 0.0708. The molecular formula is C23H21FN2OS. The molecule has 1 N–H and O–H groups in total. The van der Waals surface area contributed by atoms with Crippen molar-refractivity contribution >= 4 is 27.5 Å². The molecule has 0 fully saturated rings. The summed E-state index contributed by atoms with van der Waals surface area (Å²) < 4.78 is 16.2. The first kappa shape index (κ1) is 18.4. The first-order chi connectivity index (χ1) is 13.7. The van der Waals surface area contributed by atoms with Crippen LogP contribution in [0.25, 0.3) is 10.2 Å². The number of nitrogens with zero attached hydrogens (tertiary/aromatic N) is 1. The summed E-state index contributed by atoms with van der Waals surface area (Å²) in [7, 11) is 0. The SMILES string of the molecule is O=C(NCCc1ccc(F)cc1)c1cc2sccc2n1CCc1ccccc1. The maximum atomic E-state index is 13.0. The molecule has 0 saturated heterocycles. The van der Waals surface area contributed by atoms with E-state index in [1.54, 1.807) is 23.5 Å². The lowest BCUT2D eigenvalue weighted by atomic mass is 10.1. The van der Waals surface area contributed by atoms with Gasteiger partial charge in [-0.1, -0.05) is 42.5 Å². The van der Waals surface area contributed by atoms with Crippen LogP contribution in [0.2, 0.25) is 0 Å². The van der Waals surface area contributed by atoms with E-state index >= 15 is 0 Å². The normalized spacial score (nSPS) is 11.0. The second-order valence-electron chi connectivity index (χ2n) is 6.72. The maximum Gasteiger partial charge on any atom is 0.267 e. The zero-order valence-corrected chi connectivity index (χ0v) is 16.2. The molecule has 5 heteroatoms. The molecule has 2 aromatic carbocycles. The summed E-state index contributed by atoms with van der Waals surface area (Å²) in [4.78, 5) is 12.8. The average molecular weight is 392 g/mol. The molecule has 0 bridgehead atoms. The van der Waals surface area contributed by atoms with Gasteiger partial charge in [-0.3, -0.25) is 4.79 Å². The Kier molecular flexibility index (Phi) is 5.53. The van der Waals surface area contributed by atoms with Crippen molar-refractivity contribution in [2.24, 2.45) is 0 Å². The van der Waals surface area contributed by atoms with Gasteiger partial charge in [0.25, 0.3) is 5.91 Å². The van der Waals surface area contributed by atoms with Gasteiger partial charge < -0.3 is 9.88 Å². The minimum atomic E-state index is -0.246. The molecule has 28 heavy (non-hydrogen) atoms. The average Bonchev–Trinajstić information content (AvgIpc) is 3.30. The monoisotopic (exact) mass is 392 g/mol. The van der Waals surface area contributed by atoms with E-state index in [-0.39, 0.29) is 11.7 Å². The van der Waals surface area contributed by atoms with Gasteiger partial charge in [0.2, 0.25) is 0 Å². The van der Waals surface area contributed by atoms with Crippen LogP contribution in [0.3, 0.4) is 0 Å². The Balaban J connectivity index is 1.45. The van der Waals surface area contributed by atoms with Crippen molar-refractivity contribution < 1.29 is 9.18 Å². The predicted octanol–water partition coefficient (Wildman–Crippen LogP) is 5.06. The Morgan fingerprint density at radius 1 is 0.964 bits per heavy atom. The van der Waals surface area contributed by atoms with Gasteiger partial charge in [0.15, 0.2) is 0 Å². The van der Waals surface area contributed by atoms with Gasteiger partial charge in [0.05, 0.1) is 10.2 Å². The lowest BCUT2D eigenvalue weighted by Gasteiger charge is -2.11. The molecule has 4 rings (SSSR count). The summed E-state index contributed by atoms with van der Waals surface area (Å²) in [5, 5.41) is 5.06. The smallest absolute Gasteiger partial charge is 0.267 e. The van der Waals surface area contributed by atoms with Crippen LogP contribution in [-0.2, 0) is 19.4 Å². The zero-order chi connectivity index (χ0) is 19.3. The number of thiophene rings is 1. The number of halogens is 1. The number of hydrogen-bond acceptors (Lipinski definition) is 2. The van der Waals surface area contributed by atoms with Crippen molar-refractivity contribution in [1.82, 2.24) is 9.88 Å². The molecule has 1 amide bonds. The Hall–Kier alpha value is -2.92. The number of fused-ring (bicyclic) bond motifs is 1. The van der Waals surface area contributed by atoms with Crippen molar-refractivity contribution in [3.8, 4) is 0 Å². The Morgan fingerprint density at radius 2 is 1.71 bits per heavy atom. The van der Waals surface area contributed by atoms with E-state index < -0.39 is 0 Å². The molecule has 0 unspecified atom stereocenters. The van der Waals surface area contributed by atoms with E-state index in [9.17, 15) is 9.18 Å². The van der Waals surface area contributed by atoms with E-state index in [1.165, 1.54) is 17.7 Å². The summed E-state index contributed by atoms with van der Waals surface area (Å²) >= 11 is 1.65. The van der Waals surface area contributed by atoms with Crippen LogP contribution in [0.5, 0.6) is 0 Å². The topological polar surface area (TPSA) is 34.0 Å². The Morgan fingerprint density at radius 3 is 2.50 bits per heavy atom. The lowest BCUT2D eigenvalue weighted by molar-refractivity contribution is 0.0945. The first-order valence-electron chi connectivity index (χ1n) is 9.34. The molecule has 2 aromatic heterocycles. The third kappa shape index (κ3) is 4.15. The fraction of sp³-hybridized carbons (Fsp3) is 0.174. The zero-order valence-electron chi connectivity index (χ0n) is 15.4. The van der Waals surface area contributed by atoms with E-state index in [2.05, 4.69) is 33.5 Å². The fourth-order valence-corrected chi connectivity index (χ4v) is 4.18. The van der Waals surface area contributed by atoms with Gasteiger partial charge in [-0.05, 0) is 53.6 Å². The Labute approximate surface area is 167 Å². The lowest BCUT2D eigenvalue weighted by Crippen LogP contribution is -2.28. The standard InChI is InChI=1S/C23H21FN2OS/c24-19-8-6-18(7-9-19)10-13-25-23(27)21-16-22-20(12-15-28-22)26(21)14-11-17-4-2-1-3-5-17/h1-9,12,15-16H,10-11,13-14H2,(H,25,27). The second kappa shape index (κ2) is 8.40. The Bertz CT molecular complexity index is 1070. The number of carbonyl (C=O) groups is 1. The summed E-state index contributed by atoms with van der Waals surface area (Å²) in [6.07, 6.45) is 1.54. The highest BCUT2D eigenvalue weighted by atomic mass is 32.1. The molecule has 0 saturated carbocycles. The molecule has 0 atom stereocenters. The molecule has 4 aromatic rings. The number of aryl methyl sites for hydroxylation is 2. The number of nitrogens with one attached hydrogen (secondary N) is 1. The van der Waals surface area contributed by atoms with E-state index in [4.69, 9.17) is 0 Å². The fourth-order valence-electron chi connectivity index (χ4n) is 3.35. The van der Waals surface area contributed by atoms with Gasteiger partial charge in [0, 0.05) is 13.1 Å². The molecule has 142 valence electrons. The van der Waals surface area contributed by atoms with Crippen molar-refractivity contribution in [2.45, 2.75) is 19.4 Å². The van der Waals surface area contributed by atoms with Gasteiger partial charge in [-0.2, -0.15) is 0 Å². The molecule has 2 heterocycles. The van der Waals surface area contributed by atoms with Crippen molar-refractivity contribution in [2.75, 3.05) is 6.54 Å². The highest BCUT2D eigenvalue weighted by molar-refractivity contribution is 7.17. The molecule has 3 nitrogen and oxygen atoms in total. The minimum Gasteiger partial charge on any atom is -0.350 e. The molecule has 0 aliphatic heterocycles. The van der Waals surface area contributed by atoms with Crippen LogP contribution in [0.4, 0.5) is 4.39 Å². The molecule has 0 aliphatic carbocycles. The number of amides is 1. The van der Waals surface area contributed by atoms with Crippen molar-refractivity contribution in [1.29, 1.82) is 0 Å². The molecule has 0 spiro atoms. The molecular weight excluding hydrogens is 371 g/mol. The van der Waals surface area contributed by atoms with Crippen LogP contribution in [0, 0.1) is 5.82 Å².